The molecule has 0 saturated heterocycles. The lowest BCUT2D eigenvalue weighted by Crippen LogP contribution is -2.49. The molecule has 0 radical (unpaired) electrons. The van der Waals surface area contributed by atoms with Gasteiger partial charge in [0.1, 0.15) is 12.1 Å². The van der Waals surface area contributed by atoms with Gasteiger partial charge in [0.05, 0.1) is 24.6 Å². The number of ether oxygens (including phenoxy) is 1. The minimum atomic E-state index is -0.973. The summed E-state index contributed by atoms with van der Waals surface area (Å²) in [5.41, 5.74) is 2.33. The van der Waals surface area contributed by atoms with Crippen molar-refractivity contribution >= 4 is 17.8 Å². The van der Waals surface area contributed by atoms with E-state index in [4.69, 9.17) is 4.74 Å². The summed E-state index contributed by atoms with van der Waals surface area (Å²) in [6.45, 7) is 10.1. The molecule has 1 heterocycles. The van der Waals surface area contributed by atoms with Crippen LogP contribution in [0.4, 0.5) is 4.79 Å². The van der Waals surface area contributed by atoms with Crippen molar-refractivity contribution < 1.29 is 19.1 Å². The summed E-state index contributed by atoms with van der Waals surface area (Å²) in [6, 6.07) is 17.9. The minimum Gasteiger partial charge on any atom is -0.444 e. The Kier molecular flexibility index (Phi) is 10.4. The predicted octanol–water partition coefficient (Wildman–Crippen LogP) is 5.70. The number of carbonyl (C=O) groups is 3. The van der Waals surface area contributed by atoms with E-state index in [2.05, 4.69) is 15.6 Å². The number of aromatic nitrogens is 2. The van der Waals surface area contributed by atoms with Gasteiger partial charge in [-0.05, 0) is 18.9 Å². The first kappa shape index (κ1) is 29.6. The van der Waals surface area contributed by atoms with E-state index in [1.807, 2.05) is 106 Å². The Balaban J connectivity index is 1.66. The summed E-state index contributed by atoms with van der Waals surface area (Å²) < 4.78 is 7.73. The van der Waals surface area contributed by atoms with Crippen molar-refractivity contribution in [2.45, 2.75) is 78.6 Å². The molecular weight excluding hydrogens is 492 g/mol. The molecule has 0 aliphatic heterocycles. The second-order valence-corrected chi connectivity index (χ2v) is 10.9. The van der Waals surface area contributed by atoms with Gasteiger partial charge in [0.2, 0.25) is 5.78 Å². The normalized spacial score (nSPS) is 13.7. The zero-order valence-corrected chi connectivity index (χ0v) is 23.5. The molecule has 2 aromatic carbocycles. The number of ketones is 1. The zero-order chi connectivity index (χ0) is 28.4. The highest BCUT2D eigenvalue weighted by Gasteiger charge is 2.32. The Labute approximate surface area is 231 Å². The Bertz CT molecular complexity index is 1220. The Morgan fingerprint density at radius 2 is 1.62 bits per heavy atom. The number of nitrogens with one attached hydrogen (secondary N) is 2. The van der Waals surface area contributed by atoms with E-state index >= 15 is 0 Å². The number of hydrogen-bond acceptors (Lipinski definition) is 5. The molecule has 1 aromatic heterocycles. The maximum Gasteiger partial charge on any atom is 0.408 e. The van der Waals surface area contributed by atoms with Crippen LogP contribution in [0.1, 0.15) is 65.5 Å². The van der Waals surface area contributed by atoms with E-state index < -0.39 is 29.9 Å². The molecule has 3 atom stereocenters. The van der Waals surface area contributed by atoms with Gasteiger partial charge in [0, 0.05) is 17.2 Å². The van der Waals surface area contributed by atoms with Crippen molar-refractivity contribution in [3.05, 3.63) is 78.8 Å². The smallest absolute Gasteiger partial charge is 0.408 e. The number of hydrogen-bond donors (Lipinski definition) is 2. The van der Waals surface area contributed by atoms with Crippen molar-refractivity contribution in [3.63, 3.8) is 0 Å². The number of amides is 2. The highest BCUT2D eigenvalue weighted by molar-refractivity contribution is 6.38. The summed E-state index contributed by atoms with van der Waals surface area (Å²) in [5, 5.41) is 5.42. The highest BCUT2D eigenvalue weighted by atomic mass is 16.6. The van der Waals surface area contributed by atoms with Gasteiger partial charge in [-0.1, -0.05) is 101 Å². The fraction of sp³-hybridized carbons (Fsp3) is 0.419. The summed E-state index contributed by atoms with van der Waals surface area (Å²) in [6.07, 6.45) is 4.24. The molecule has 2 N–H and O–H groups in total. The standard InChI is InChI=1S/C31H40N4O4/c1-6-7-18-25(28(36)29(37)33-22(2)23-14-10-8-11-15-23)34-30(38)39-27(31(3,4)5)20-35-19-26(32-21-35)24-16-12-9-13-17-24/h8-17,19,21-22,25,27H,6-7,18,20H2,1-5H3,(H,33,37)(H,34,38)/t22-,25+,27-/m1/s1. The SMILES string of the molecule is CCCC[C@H](NC(=O)O[C@H](Cn1cnc(-c2ccccc2)c1)C(C)(C)C)C(=O)C(=O)N[C@H](C)c1ccccc1. The molecule has 0 bridgehead atoms. The fourth-order valence-corrected chi connectivity index (χ4v) is 4.13. The van der Waals surface area contributed by atoms with Gasteiger partial charge >= 0.3 is 6.09 Å². The van der Waals surface area contributed by atoms with E-state index in [1.165, 1.54) is 0 Å². The van der Waals surface area contributed by atoms with Crippen LogP contribution in [0.15, 0.2) is 73.2 Å². The average molecular weight is 533 g/mol. The van der Waals surface area contributed by atoms with Crippen molar-refractivity contribution in [1.29, 1.82) is 0 Å². The minimum absolute atomic E-state index is 0.345. The van der Waals surface area contributed by atoms with E-state index in [0.29, 0.717) is 19.4 Å². The van der Waals surface area contributed by atoms with E-state index in [0.717, 1.165) is 23.2 Å². The van der Waals surface area contributed by atoms with Crippen LogP contribution in [0.2, 0.25) is 0 Å². The number of carbonyl (C=O) groups excluding carboxylic acids is 3. The topological polar surface area (TPSA) is 102 Å². The van der Waals surface area contributed by atoms with E-state index in [-0.39, 0.29) is 11.5 Å². The summed E-state index contributed by atoms with van der Waals surface area (Å²) in [7, 11) is 0. The molecule has 0 unspecified atom stereocenters. The quantitative estimate of drug-likeness (QED) is 0.292. The summed E-state index contributed by atoms with van der Waals surface area (Å²) in [5.74, 6) is -1.41. The maximum absolute atomic E-state index is 13.1. The molecule has 8 nitrogen and oxygen atoms in total. The summed E-state index contributed by atoms with van der Waals surface area (Å²) in [4.78, 5) is 43.4. The second-order valence-electron chi connectivity index (χ2n) is 10.9. The van der Waals surface area contributed by atoms with Gasteiger partial charge in [-0.15, -0.1) is 0 Å². The zero-order valence-electron chi connectivity index (χ0n) is 23.5. The molecule has 208 valence electrons. The number of alkyl carbamates (subject to hydrolysis) is 1. The Morgan fingerprint density at radius 1 is 0.974 bits per heavy atom. The summed E-state index contributed by atoms with van der Waals surface area (Å²) >= 11 is 0. The molecule has 0 spiro atoms. The van der Waals surface area contributed by atoms with Gasteiger partial charge in [-0.25, -0.2) is 9.78 Å². The first-order valence-electron chi connectivity index (χ1n) is 13.5. The third-order valence-electron chi connectivity index (χ3n) is 6.62. The molecule has 8 heteroatoms. The second kappa shape index (κ2) is 13.7. The van der Waals surface area contributed by atoms with Crippen LogP contribution in [0.25, 0.3) is 11.3 Å². The van der Waals surface area contributed by atoms with Crippen molar-refractivity contribution in [1.82, 2.24) is 20.2 Å². The molecule has 2 amide bonds. The molecule has 0 fully saturated rings. The molecule has 0 saturated carbocycles. The van der Waals surface area contributed by atoms with E-state index in [9.17, 15) is 14.4 Å². The first-order chi connectivity index (χ1) is 18.6. The predicted molar refractivity (Wildman–Crippen MR) is 152 cm³/mol. The van der Waals surface area contributed by atoms with Crippen molar-refractivity contribution in [3.8, 4) is 11.3 Å². The van der Waals surface area contributed by atoms with Gasteiger partial charge in [-0.3, -0.25) is 9.59 Å². The maximum atomic E-state index is 13.1. The third kappa shape index (κ3) is 8.80. The largest absolute Gasteiger partial charge is 0.444 e. The average Bonchev–Trinajstić information content (AvgIpc) is 3.39. The van der Waals surface area contributed by atoms with Gasteiger partial charge < -0.3 is 19.9 Å². The number of rotatable bonds is 12. The van der Waals surface area contributed by atoms with Gasteiger partial charge in [0.15, 0.2) is 0 Å². The van der Waals surface area contributed by atoms with Crippen LogP contribution in [0, 0.1) is 5.41 Å². The molecular formula is C31H40N4O4. The van der Waals surface area contributed by atoms with Crippen LogP contribution in [-0.4, -0.2) is 39.5 Å². The van der Waals surface area contributed by atoms with Crippen molar-refractivity contribution in [2.24, 2.45) is 5.41 Å². The van der Waals surface area contributed by atoms with Crippen LogP contribution in [0.3, 0.4) is 0 Å². The lowest BCUT2D eigenvalue weighted by atomic mass is 9.89. The fourth-order valence-electron chi connectivity index (χ4n) is 4.13. The Morgan fingerprint density at radius 3 is 2.23 bits per heavy atom. The number of unbranched alkanes of at least 4 members (excludes halogenated alkanes) is 1. The lowest BCUT2D eigenvalue weighted by molar-refractivity contribution is -0.139. The number of nitrogens with zero attached hydrogens (tertiary/aromatic N) is 2. The third-order valence-corrected chi connectivity index (χ3v) is 6.62. The van der Waals surface area contributed by atoms with E-state index in [1.54, 1.807) is 6.33 Å². The molecule has 3 rings (SSSR count). The van der Waals surface area contributed by atoms with Crippen LogP contribution >= 0.6 is 0 Å². The number of Topliss-reactive ketones (excluding diaryl/α,β-unsaturated/α-hetero) is 1. The molecule has 39 heavy (non-hydrogen) atoms. The first-order valence-corrected chi connectivity index (χ1v) is 13.5. The molecule has 3 aromatic rings. The van der Waals surface area contributed by atoms with Crippen LogP contribution in [0.5, 0.6) is 0 Å². The number of benzene rings is 2. The highest BCUT2D eigenvalue weighted by Crippen LogP contribution is 2.25. The van der Waals surface area contributed by atoms with Crippen LogP contribution in [-0.2, 0) is 20.9 Å². The molecule has 0 aliphatic carbocycles. The van der Waals surface area contributed by atoms with Gasteiger partial charge in [-0.2, -0.15) is 0 Å². The van der Waals surface area contributed by atoms with Crippen molar-refractivity contribution in [2.75, 3.05) is 0 Å². The monoisotopic (exact) mass is 532 g/mol. The van der Waals surface area contributed by atoms with Gasteiger partial charge in [0.25, 0.3) is 5.91 Å². The molecule has 0 aliphatic rings. The van der Waals surface area contributed by atoms with Crippen LogP contribution < -0.4 is 10.6 Å². The number of imidazole rings is 1. The lowest BCUT2D eigenvalue weighted by Gasteiger charge is -2.31. The Hall–Kier alpha value is -3.94.